The van der Waals surface area contributed by atoms with Crippen LogP contribution in [0.1, 0.15) is 21.5 Å². The summed E-state index contributed by atoms with van der Waals surface area (Å²) in [6.07, 6.45) is 0. The number of nitrogens with one attached hydrogen (secondary N) is 1. The van der Waals surface area contributed by atoms with Crippen LogP contribution in [0.4, 0.5) is 5.69 Å². The zero-order valence-electron chi connectivity index (χ0n) is 12.2. The summed E-state index contributed by atoms with van der Waals surface area (Å²) in [5.41, 5.74) is 3.81. The molecule has 0 aliphatic heterocycles. The van der Waals surface area contributed by atoms with Crippen molar-refractivity contribution < 1.29 is 4.79 Å². The summed E-state index contributed by atoms with van der Waals surface area (Å²) in [6, 6.07) is 15.5. The summed E-state index contributed by atoms with van der Waals surface area (Å²) in [5.74, 6) is -0.0749. The molecule has 1 N–H and O–H groups in total. The van der Waals surface area contributed by atoms with Gasteiger partial charge in [0.1, 0.15) is 0 Å². The van der Waals surface area contributed by atoms with Gasteiger partial charge in [0.2, 0.25) is 0 Å². The standard InChI is InChI=1S/C17H20N2O/c1-13-5-4-6-15(11-13)17(20)18-16-9-7-14(8-10-16)12-19(2)3/h4-11H,12H2,1-3H3,(H,18,20). The van der Waals surface area contributed by atoms with Crippen LogP contribution in [0, 0.1) is 6.92 Å². The highest BCUT2D eigenvalue weighted by Crippen LogP contribution is 2.13. The van der Waals surface area contributed by atoms with Crippen molar-refractivity contribution in [2.45, 2.75) is 13.5 Å². The van der Waals surface area contributed by atoms with Gasteiger partial charge in [-0.15, -0.1) is 0 Å². The highest BCUT2D eigenvalue weighted by atomic mass is 16.1. The van der Waals surface area contributed by atoms with Crippen molar-refractivity contribution in [3.05, 3.63) is 65.2 Å². The molecule has 0 aliphatic rings. The molecule has 1 amide bonds. The molecule has 0 heterocycles. The predicted octanol–water partition coefficient (Wildman–Crippen LogP) is 3.31. The fourth-order valence-electron chi connectivity index (χ4n) is 2.05. The fraction of sp³-hybridized carbons (Fsp3) is 0.235. The second kappa shape index (κ2) is 6.35. The van der Waals surface area contributed by atoms with Crippen LogP contribution >= 0.6 is 0 Å². The van der Waals surface area contributed by atoms with E-state index < -0.39 is 0 Å². The molecule has 0 atom stereocenters. The summed E-state index contributed by atoms with van der Waals surface area (Å²) < 4.78 is 0. The summed E-state index contributed by atoms with van der Waals surface area (Å²) in [4.78, 5) is 14.2. The van der Waals surface area contributed by atoms with Gasteiger partial charge in [-0.1, -0.05) is 29.8 Å². The van der Waals surface area contributed by atoms with Crippen molar-refractivity contribution >= 4 is 11.6 Å². The average molecular weight is 268 g/mol. The number of anilines is 1. The van der Waals surface area contributed by atoms with Crippen molar-refractivity contribution in [1.82, 2.24) is 4.90 Å². The first-order chi connectivity index (χ1) is 9.54. The van der Waals surface area contributed by atoms with E-state index in [-0.39, 0.29) is 5.91 Å². The van der Waals surface area contributed by atoms with E-state index in [0.29, 0.717) is 5.56 Å². The van der Waals surface area contributed by atoms with E-state index in [2.05, 4.69) is 10.2 Å². The number of rotatable bonds is 4. The molecule has 2 aromatic carbocycles. The molecule has 3 heteroatoms. The van der Waals surface area contributed by atoms with Gasteiger partial charge in [-0.25, -0.2) is 0 Å². The molecule has 0 bridgehead atoms. The third-order valence-corrected chi connectivity index (χ3v) is 2.99. The Labute approximate surface area is 120 Å². The van der Waals surface area contributed by atoms with E-state index in [0.717, 1.165) is 17.8 Å². The Morgan fingerprint density at radius 3 is 2.40 bits per heavy atom. The van der Waals surface area contributed by atoms with Crippen LogP contribution in [0.15, 0.2) is 48.5 Å². The first-order valence-electron chi connectivity index (χ1n) is 6.66. The number of nitrogens with zero attached hydrogens (tertiary/aromatic N) is 1. The number of carbonyl (C=O) groups excluding carboxylic acids is 1. The molecule has 0 fully saturated rings. The highest BCUT2D eigenvalue weighted by molar-refractivity contribution is 6.04. The van der Waals surface area contributed by atoms with Crippen molar-refractivity contribution in [1.29, 1.82) is 0 Å². The lowest BCUT2D eigenvalue weighted by Gasteiger charge is -2.10. The maximum atomic E-state index is 12.1. The van der Waals surface area contributed by atoms with E-state index in [1.54, 1.807) is 0 Å². The van der Waals surface area contributed by atoms with E-state index in [9.17, 15) is 4.79 Å². The predicted molar refractivity (Wildman–Crippen MR) is 83.0 cm³/mol. The van der Waals surface area contributed by atoms with Crippen molar-refractivity contribution in [2.75, 3.05) is 19.4 Å². The van der Waals surface area contributed by atoms with Gasteiger partial charge in [-0.05, 0) is 50.8 Å². The van der Waals surface area contributed by atoms with E-state index >= 15 is 0 Å². The first kappa shape index (κ1) is 14.3. The zero-order chi connectivity index (χ0) is 14.5. The topological polar surface area (TPSA) is 32.3 Å². The minimum atomic E-state index is -0.0749. The number of aryl methyl sites for hydroxylation is 1. The quantitative estimate of drug-likeness (QED) is 0.922. The molecule has 20 heavy (non-hydrogen) atoms. The molecule has 2 aromatic rings. The van der Waals surface area contributed by atoms with Crippen molar-refractivity contribution in [2.24, 2.45) is 0 Å². The summed E-state index contributed by atoms with van der Waals surface area (Å²) >= 11 is 0. The van der Waals surface area contributed by atoms with Crippen LogP contribution < -0.4 is 5.32 Å². The van der Waals surface area contributed by atoms with E-state index in [4.69, 9.17) is 0 Å². The Bertz CT molecular complexity index is 588. The number of hydrogen-bond donors (Lipinski definition) is 1. The lowest BCUT2D eigenvalue weighted by molar-refractivity contribution is 0.102. The zero-order valence-corrected chi connectivity index (χ0v) is 12.2. The Morgan fingerprint density at radius 1 is 1.10 bits per heavy atom. The molecule has 3 nitrogen and oxygen atoms in total. The van der Waals surface area contributed by atoms with Gasteiger partial charge in [-0.3, -0.25) is 4.79 Å². The highest BCUT2D eigenvalue weighted by Gasteiger charge is 2.06. The number of hydrogen-bond acceptors (Lipinski definition) is 2. The number of amides is 1. The summed E-state index contributed by atoms with van der Waals surface area (Å²) in [6.45, 7) is 2.87. The van der Waals surface area contributed by atoms with Gasteiger partial charge in [0.25, 0.3) is 5.91 Å². The lowest BCUT2D eigenvalue weighted by atomic mass is 10.1. The molecule has 0 saturated heterocycles. The SMILES string of the molecule is Cc1cccc(C(=O)Nc2ccc(CN(C)C)cc2)c1. The van der Waals surface area contributed by atoms with Gasteiger partial charge in [0, 0.05) is 17.8 Å². The molecule has 0 radical (unpaired) electrons. The molecule has 0 aromatic heterocycles. The largest absolute Gasteiger partial charge is 0.322 e. The average Bonchev–Trinajstić information content (AvgIpc) is 2.40. The third-order valence-electron chi connectivity index (χ3n) is 2.99. The van der Waals surface area contributed by atoms with Gasteiger partial charge < -0.3 is 10.2 Å². The van der Waals surface area contributed by atoms with Crippen molar-refractivity contribution in [3.63, 3.8) is 0 Å². The summed E-state index contributed by atoms with van der Waals surface area (Å²) in [5, 5.41) is 2.91. The molecule has 104 valence electrons. The molecule has 0 saturated carbocycles. The minimum absolute atomic E-state index is 0.0749. The smallest absolute Gasteiger partial charge is 0.255 e. The van der Waals surface area contributed by atoms with Gasteiger partial charge in [0.15, 0.2) is 0 Å². The Morgan fingerprint density at radius 2 is 1.80 bits per heavy atom. The normalized spacial score (nSPS) is 10.6. The molecular weight excluding hydrogens is 248 g/mol. The minimum Gasteiger partial charge on any atom is -0.322 e. The number of benzene rings is 2. The number of carbonyl (C=O) groups is 1. The molecule has 0 spiro atoms. The monoisotopic (exact) mass is 268 g/mol. The second-order valence-corrected chi connectivity index (χ2v) is 5.26. The molecule has 0 aliphatic carbocycles. The van der Waals surface area contributed by atoms with Crippen LogP contribution in [-0.2, 0) is 6.54 Å². The maximum absolute atomic E-state index is 12.1. The second-order valence-electron chi connectivity index (χ2n) is 5.26. The lowest BCUT2D eigenvalue weighted by Crippen LogP contribution is -2.13. The van der Waals surface area contributed by atoms with E-state index in [1.807, 2.05) is 69.6 Å². The summed E-state index contributed by atoms with van der Waals surface area (Å²) in [7, 11) is 4.07. The van der Waals surface area contributed by atoms with Crippen LogP contribution in [0.5, 0.6) is 0 Å². The maximum Gasteiger partial charge on any atom is 0.255 e. The Balaban J connectivity index is 2.04. The first-order valence-corrected chi connectivity index (χ1v) is 6.66. The Kier molecular flexibility index (Phi) is 4.53. The van der Waals surface area contributed by atoms with E-state index in [1.165, 1.54) is 5.56 Å². The fourth-order valence-corrected chi connectivity index (χ4v) is 2.05. The van der Waals surface area contributed by atoms with Crippen molar-refractivity contribution in [3.8, 4) is 0 Å². The van der Waals surface area contributed by atoms with Gasteiger partial charge >= 0.3 is 0 Å². The van der Waals surface area contributed by atoms with Gasteiger partial charge in [0.05, 0.1) is 0 Å². The molecule has 0 unspecified atom stereocenters. The molecular formula is C17H20N2O. The van der Waals surface area contributed by atoms with Crippen LogP contribution in [-0.4, -0.2) is 24.9 Å². The molecule has 2 rings (SSSR count). The third kappa shape index (κ3) is 3.93. The van der Waals surface area contributed by atoms with Gasteiger partial charge in [-0.2, -0.15) is 0 Å². The van der Waals surface area contributed by atoms with Crippen LogP contribution in [0.25, 0.3) is 0 Å². The van der Waals surface area contributed by atoms with Crippen LogP contribution in [0.3, 0.4) is 0 Å². The Hall–Kier alpha value is -2.13. The van der Waals surface area contributed by atoms with Crippen LogP contribution in [0.2, 0.25) is 0 Å².